The first-order valence-corrected chi connectivity index (χ1v) is 6.03. The van der Waals surface area contributed by atoms with Crippen molar-refractivity contribution >= 4 is 19.2 Å². The van der Waals surface area contributed by atoms with Crippen molar-refractivity contribution in [2.45, 2.75) is 6.92 Å². The van der Waals surface area contributed by atoms with Crippen molar-refractivity contribution in [3.8, 4) is 11.3 Å². The van der Waals surface area contributed by atoms with E-state index in [2.05, 4.69) is 6.92 Å². The van der Waals surface area contributed by atoms with E-state index in [1.54, 1.807) is 4.68 Å². The van der Waals surface area contributed by atoms with Crippen LogP contribution in [0.2, 0.25) is 0 Å². The Morgan fingerprint density at radius 2 is 1.80 bits per heavy atom. The monoisotopic (exact) mass is 289 g/mol. The first-order chi connectivity index (χ1) is 6.70. The number of halogens is 1. The van der Waals surface area contributed by atoms with Gasteiger partial charge in [-0.1, -0.05) is 0 Å². The molecule has 0 bridgehead atoms. The molecule has 80 valence electrons. The van der Waals surface area contributed by atoms with Crippen molar-refractivity contribution in [3.05, 3.63) is 34.8 Å². The summed E-state index contributed by atoms with van der Waals surface area (Å²) in [5.41, 5.74) is 7.99. The van der Waals surface area contributed by atoms with Gasteiger partial charge in [0.25, 0.3) is 0 Å². The Balaban J connectivity index is 0.00000112. The SMILES string of the molecule is Cc1[se]c(N)[n+](N)c1-c1ccccc1.[Cl-]. The zero-order valence-electron chi connectivity index (χ0n) is 8.27. The summed E-state index contributed by atoms with van der Waals surface area (Å²) in [4.78, 5) is 0. The van der Waals surface area contributed by atoms with Crippen LogP contribution in [0.4, 0.5) is 4.69 Å². The van der Waals surface area contributed by atoms with Crippen LogP contribution in [0.3, 0.4) is 0 Å². The summed E-state index contributed by atoms with van der Waals surface area (Å²) < 4.78 is 3.66. The molecule has 2 rings (SSSR count). The Hall–Kier alpha value is -0.961. The Morgan fingerprint density at radius 3 is 2.27 bits per heavy atom. The topological polar surface area (TPSA) is 55.9 Å². The maximum Gasteiger partial charge on any atom is -1.00 e. The molecule has 0 saturated heterocycles. The molecule has 0 radical (unpaired) electrons. The molecule has 0 aliphatic heterocycles. The number of nitrogens with zero attached hydrogens (tertiary/aromatic N) is 1. The van der Waals surface area contributed by atoms with Gasteiger partial charge in [0.2, 0.25) is 0 Å². The number of rotatable bonds is 1. The molecule has 3 nitrogen and oxygen atoms in total. The largest absolute Gasteiger partial charge is 1.00 e. The van der Waals surface area contributed by atoms with E-state index in [-0.39, 0.29) is 26.9 Å². The van der Waals surface area contributed by atoms with Crippen LogP contribution in [0.5, 0.6) is 0 Å². The predicted octanol–water partition coefficient (Wildman–Crippen LogP) is -2.69. The number of aryl methyl sites for hydroxylation is 1. The van der Waals surface area contributed by atoms with Crippen molar-refractivity contribution in [2.75, 3.05) is 11.6 Å². The van der Waals surface area contributed by atoms with Crippen LogP contribution in [0.25, 0.3) is 11.3 Å². The molecular formula is C10H12ClN3Se. The maximum absolute atomic E-state index is 5.87. The van der Waals surface area contributed by atoms with Crippen molar-refractivity contribution in [2.24, 2.45) is 0 Å². The maximum atomic E-state index is 5.87. The molecule has 15 heavy (non-hydrogen) atoms. The molecular weight excluding hydrogens is 277 g/mol. The van der Waals surface area contributed by atoms with Gasteiger partial charge in [-0.2, -0.15) is 0 Å². The van der Waals surface area contributed by atoms with E-state index in [1.807, 2.05) is 30.3 Å². The molecule has 2 aromatic rings. The zero-order valence-corrected chi connectivity index (χ0v) is 10.7. The zero-order chi connectivity index (χ0) is 10.1. The third kappa shape index (κ3) is 2.17. The van der Waals surface area contributed by atoms with Crippen molar-refractivity contribution < 1.29 is 17.1 Å². The molecule has 0 fully saturated rings. The van der Waals surface area contributed by atoms with Crippen LogP contribution < -0.4 is 28.7 Å². The number of hydrogen-bond donors (Lipinski definition) is 2. The normalized spacial score (nSPS) is 9.67. The molecule has 1 aromatic heterocycles. The second-order valence-electron chi connectivity index (χ2n) is 3.08. The van der Waals surface area contributed by atoms with Crippen LogP contribution in [0.1, 0.15) is 4.44 Å². The summed E-state index contributed by atoms with van der Waals surface area (Å²) in [6.45, 7) is 2.09. The van der Waals surface area contributed by atoms with Gasteiger partial charge in [0, 0.05) is 0 Å². The van der Waals surface area contributed by atoms with E-state index in [0.717, 1.165) is 15.9 Å². The first-order valence-electron chi connectivity index (χ1n) is 4.31. The first kappa shape index (κ1) is 12.1. The van der Waals surface area contributed by atoms with Crippen molar-refractivity contribution in [1.82, 2.24) is 0 Å². The van der Waals surface area contributed by atoms with Gasteiger partial charge in [0.1, 0.15) is 0 Å². The van der Waals surface area contributed by atoms with E-state index in [4.69, 9.17) is 11.6 Å². The van der Waals surface area contributed by atoms with E-state index in [0.29, 0.717) is 0 Å². The summed E-state index contributed by atoms with van der Waals surface area (Å²) >= 11 is 0.208. The Labute approximate surface area is 101 Å². The molecule has 0 atom stereocenters. The van der Waals surface area contributed by atoms with Gasteiger partial charge in [-0.05, 0) is 0 Å². The smallest absolute Gasteiger partial charge is 1.00 e. The molecule has 0 saturated carbocycles. The molecule has 0 amide bonds. The number of anilines is 1. The Bertz CT molecular complexity index is 453. The third-order valence-electron chi connectivity index (χ3n) is 2.12. The number of hydrogen-bond acceptors (Lipinski definition) is 2. The van der Waals surface area contributed by atoms with Gasteiger partial charge < -0.3 is 12.4 Å². The fourth-order valence-electron chi connectivity index (χ4n) is 1.47. The van der Waals surface area contributed by atoms with Crippen LogP contribution >= 0.6 is 0 Å². The molecule has 0 spiro atoms. The third-order valence-corrected chi connectivity index (χ3v) is 4.02. The van der Waals surface area contributed by atoms with Gasteiger partial charge in [-0.15, -0.1) is 0 Å². The van der Waals surface area contributed by atoms with Crippen molar-refractivity contribution in [3.63, 3.8) is 0 Å². The number of nitrogen functional groups attached to an aromatic ring is 2. The minimum absolute atomic E-state index is 0. The van der Waals surface area contributed by atoms with Crippen LogP contribution in [0, 0.1) is 6.92 Å². The summed E-state index contributed by atoms with van der Waals surface area (Å²) in [6, 6.07) is 10.1. The van der Waals surface area contributed by atoms with Gasteiger partial charge >= 0.3 is 88.4 Å². The van der Waals surface area contributed by atoms with Gasteiger partial charge in [-0.25, -0.2) is 0 Å². The van der Waals surface area contributed by atoms with Crippen molar-refractivity contribution in [1.29, 1.82) is 0 Å². The second-order valence-corrected chi connectivity index (χ2v) is 5.67. The summed E-state index contributed by atoms with van der Waals surface area (Å²) in [5.74, 6) is 5.87. The van der Waals surface area contributed by atoms with E-state index < -0.39 is 0 Å². The fourth-order valence-corrected chi connectivity index (χ4v) is 3.19. The minimum Gasteiger partial charge on any atom is -1.00 e. The number of nitrogens with two attached hydrogens (primary N) is 2. The predicted molar refractivity (Wildman–Crippen MR) is 58.3 cm³/mol. The van der Waals surface area contributed by atoms with E-state index >= 15 is 0 Å². The quantitative estimate of drug-likeness (QED) is 0.341. The summed E-state index contributed by atoms with van der Waals surface area (Å²) in [7, 11) is 0. The molecule has 4 N–H and O–H groups in total. The molecule has 0 unspecified atom stereocenters. The molecule has 5 heteroatoms. The Kier molecular flexibility index (Phi) is 3.80. The van der Waals surface area contributed by atoms with Gasteiger partial charge in [-0.3, -0.25) is 0 Å². The molecule has 0 aliphatic carbocycles. The minimum atomic E-state index is 0. The van der Waals surface area contributed by atoms with E-state index in [1.165, 1.54) is 4.44 Å². The summed E-state index contributed by atoms with van der Waals surface area (Å²) in [5, 5.41) is 0. The van der Waals surface area contributed by atoms with Crippen LogP contribution in [-0.2, 0) is 0 Å². The van der Waals surface area contributed by atoms with Crippen LogP contribution in [0.15, 0.2) is 30.3 Å². The fraction of sp³-hybridized carbons (Fsp3) is 0.100. The second kappa shape index (κ2) is 4.71. The number of benzene rings is 1. The average Bonchev–Trinajstić information content (AvgIpc) is 2.43. The summed E-state index contributed by atoms with van der Waals surface area (Å²) in [6.07, 6.45) is 0. The molecule has 1 heterocycles. The average molecular weight is 289 g/mol. The standard InChI is InChI=1S/C10H11N3Se.ClH/c1-7-9(13(12)10(11)14-7)8-5-3-2-4-6-8;/h2-6,11H,12H2,1H3;1H. The molecule has 1 aromatic carbocycles. The van der Waals surface area contributed by atoms with E-state index in [9.17, 15) is 0 Å². The van der Waals surface area contributed by atoms with Gasteiger partial charge in [0.15, 0.2) is 0 Å². The molecule has 0 aliphatic rings. The number of aromatic nitrogens is 1. The Morgan fingerprint density at radius 1 is 1.20 bits per heavy atom. The van der Waals surface area contributed by atoms with Crippen LogP contribution in [-0.4, -0.2) is 14.5 Å². The van der Waals surface area contributed by atoms with Gasteiger partial charge in [0.05, 0.1) is 0 Å².